The standard InChI is InChI=1S/C8H8BrFN4O.C8H8ClFN4O/c9-5-3-4(1-2-6(5)10)14(7(11)12)8(13)15;9-5-3-4(1-2-6(5)10)13-7(11)14-8(12)15/h1-3H,(H3,11,12)(H2,13,15);1-3H,(H5,11,12,13,14,15). The van der Waals surface area contributed by atoms with Crippen LogP contribution in [0.15, 0.2) is 45.9 Å². The summed E-state index contributed by atoms with van der Waals surface area (Å²) in [5, 5.41) is 9.11. The van der Waals surface area contributed by atoms with Crippen LogP contribution in [0.3, 0.4) is 0 Å². The van der Waals surface area contributed by atoms with Gasteiger partial charge in [-0.3, -0.25) is 10.7 Å². The van der Waals surface area contributed by atoms with Gasteiger partial charge in [0.25, 0.3) is 0 Å². The number of aliphatic imine (C=N–C) groups is 1. The Balaban J connectivity index is 0.000000300. The predicted octanol–water partition coefficient (Wildman–Crippen LogP) is 2.46. The first-order chi connectivity index (χ1) is 13.9. The molecule has 4 amide bonds. The van der Waals surface area contributed by atoms with E-state index < -0.39 is 29.7 Å². The first-order valence-corrected chi connectivity index (χ1v) is 8.83. The molecule has 10 N–H and O–H groups in total. The number of benzene rings is 2. The Morgan fingerprint density at radius 1 is 1.07 bits per heavy atom. The number of hydrogen-bond donors (Lipinski definition) is 6. The molecule has 0 saturated heterocycles. The van der Waals surface area contributed by atoms with Gasteiger partial charge >= 0.3 is 12.1 Å². The Labute approximate surface area is 182 Å². The van der Waals surface area contributed by atoms with Crippen molar-refractivity contribution in [3.05, 3.63) is 57.5 Å². The van der Waals surface area contributed by atoms with E-state index in [1.807, 2.05) is 0 Å². The van der Waals surface area contributed by atoms with Crippen LogP contribution in [0.25, 0.3) is 0 Å². The fraction of sp³-hybridized carbons (Fsp3) is 0. The number of amides is 4. The second-order valence-electron chi connectivity index (χ2n) is 5.24. The van der Waals surface area contributed by atoms with Crippen LogP contribution in [0.5, 0.6) is 0 Å². The predicted molar refractivity (Wildman–Crippen MR) is 113 cm³/mol. The third-order valence-electron chi connectivity index (χ3n) is 3.03. The number of nitrogens with zero attached hydrogens (tertiary/aromatic N) is 2. The van der Waals surface area contributed by atoms with Gasteiger partial charge in [0.05, 0.1) is 20.9 Å². The number of hydrogen-bond acceptors (Lipinski definition) is 4. The fourth-order valence-corrected chi connectivity index (χ4v) is 2.40. The highest BCUT2D eigenvalue weighted by atomic mass is 79.9. The number of rotatable bonds is 2. The molecule has 160 valence electrons. The quantitative estimate of drug-likeness (QED) is 0.270. The van der Waals surface area contributed by atoms with Gasteiger partial charge in [0, 0.05) is 0 Å². The molecule has 0 aliphatic heterocycles. The largest absolute Gasteiger partial charge is 0.369 e. The lowest BCUT2D eigenvalue weighted by molar-refractivity contribution is 0.252. The summed E-state index contributed by atoms with van der Waals surface area (Å²) in [6, 6.07) is 5.78. The van der Waals surface area contributed by atoms with E-state index in [1.54, 1.807) is 0 Å². The summed E-state index contributed by atoms with van der Waals surface area (Å²) in [6.45, 7) is 0. The Morgan fingerprint density at radius 2 is 1.67 bits per heavy atom. The average Bonchev–Trinajstić information content (AvgIpc) is 2.60. The van der Waals surface area contributed by atoms with Crippen LogP contribution in [0.2, 0.25) is 5.02 Å². The Kier molecular flexibility index (Phi) is 8.95. The van der Waals surface area contributed by atoms with Gasteiger partial charge in [-0.15, -0.1) is 0 Å². The lowest BCUT2D eigenvalue weighted by atomic mass is 10.3. The normalized spacial score (nSPS) is 10.5. The molecule has 0 saturated carbocycles. The molecule has 0 bridgehead atoms. The minimum absolute atomic E-state index is 0.0804. The van der Waals surface area contributed by atoms with Gasteiger partial charge in [-0.25, -0.2) is 28.3 Å². The molecule has 0 aliphatic rings. The molecule has 0 heterocycles. The molecule has 0 unspecified atom stereocenters. The monoisotopic (exact) mass is 504 g/mol. The van der Waals surface area contributed by atoms with Crippen molar-refractivity contribution in [3.63, 3.8) is 0 Å². The third kappa shape index (κ3) is 7.52. The summed E-state index contributed by atoms with van der Waals surface area (Å²) < 4.78 is 25.8. The minimum Gasteiger partial charge on any atom is -0.369 e. The van der Waals surface area contributed by atoms with E-state index >= 15 is 0 Å². The molecule has 30 heavy (non-hydrogen) atoms. The topological polar surface area (TPSA) is 190 Å². The summed E-state index contributed by atoms with van der Waals surface area (Å²) in [7, 11) is 0. The number of nitrogens with one attached hydrogen (secondary N) is 2. The van der Waals surface area contributed by atoms with Crippen molar-refractivity contribution in [1.82, 2.24) is 5.32 Å². The van der Waals surface area contributed by atoms with Crippen molar-refractivity contribution in [2.75, 3.05) is 4.90 Å². The third-order valence-corrected chi connectivity index (χ3v) is 3.92. The zero-order chi connectivity index (χ0) is 23.0. The molecule has 14 heteroatoms. The number of nitrogens with two attached hydrogens (primary N) is 4. The smallest absolute Gasteiger partial charge is 0.326 e. The Bertz CT molecular complexity index is 991. The highest BCUT2D eigenvalue weighted by Gasteiger charge is 2.16. The SMILES string of the molecule is N=C(N)N(C(N)=O)c1ccc(F)c(Br)c1.NC(=O)NC(N)=Nc1ccc(F)c(Cl)c1. The number of anilines is 1. The van der Waals surface area contributed by atoms with E-state index in [9.17, 15) is 18.4 Å². The van der Waals surface area contributed by atoms with E-state index in [4.69, 9.17) is 39.9 Å². The molecule has 0 aliphatic carbocycles. The number of guanidine groups is 2. The maximum atomic E-state index is 12.9. The number of primary amides is 2. The van der Waals surface area contributed by atoms with Gasteiger partial charge < -0.3 is 22.9 Å². The minimum atomic E-state index is -0.902. The summed E-state index contributed by atoms with van der Waals surface area (Å²) in [6.07, 6.45) is 0. The highest BCUT2D eigenvalue weighted by molar-refractivity contribution is 9.10. The first kappa shape index (κ1) is 24.6. The lowest BCUT2D eigenvalue weighted by Crippen LogP contribution is -2.44. The van der Waals surface area contributed by atoms with Crippen molar-refractivity contribution in [3.8, 4) is 0 Å². The molecule has 0 aromatic heterocycles. The van der Waals surface area contributed by atoms with Gasteiger partial charge in [0.1, 0.15) is 11.6 Å². The molecular weight excluding hydrogens is 490 g/mol. The van der Waals surface area contributed by atoms with Crippen LogP contribution in [0, 0.1) is 17.0 Å². The maximum Gasteiger partial charge on any atom is 0.326 e. The van der Waals surface area contributed by atoms with E-state index in [0.29, 0.717) is 5.69 Å². The van der Waals surface area contributed by atoms with Crippen molar-refractivity contribution in [2.24, 2.45) is 27.9 Å². The molecule has 10 nitrogen and oxygen atoms in total. The molecule has 0 atom stereocenters. The second kappa shape index (κ2) is 10.9. The molecule has 0 radical (unpaired) electrons. The van der Waals surface area contributed by atoms with Crippen molar-refractivity contribution in [1.29, 1.82) is 5.41 Å². The van der Waals surface area contributed by atoms with Gasteiger partial charge in [0.2, 0.25) is 11.9 Å². The van der Waals surface area contributed by atoms with E-state index in [1.165, 1.54) is 24.3 Å². The summed E-state index contributed by atoms with van der Waals surface area (Å²) >= 11 is 8.45. The van der Waals surface area contributed by atoms with Gasteiger partial charge in [-0.2, -0.15) is 0 Å². The average molecular weight is 506 g/mol. The zero-order valence-corrected chi connectivity index (χ0v) is 17.3. The van der Waals surface area contributed by atoms with E-state index in [2.05, 4.69) is 26.2 Å². The summed E-state index contributed by atoms with van der Waals surface area (Å²) in [5.74, 6) is -1.75. The Morgan fingerprint density at radius 3 is 2.13 bits per heavy atom. The van der Waals surface area contributed by atoms with Gasteiger partial charge in [-0.1, -0.05) is 11.6 Å². The van der Waals surface area contributed by atoms with Crippen LogP contribution in [0.1, 0.15) is 0 Å². The van der Waals surface area contributed by atoms with Crippen LogP contribution in [-0.4, -0.2) is 24.0 Å². The molecule has 0 spiro atoms. The maximum absolute atomic E-state index is 12.9. The lowest BCUT2D eigenvalue weighted by Gasteiger charge is -2.18. The molecule has 2 aromatic carbocycles. The number of halogens is 4. The van der Waals surface area contributed by atoms with Crippen molar-refractivity contribution in [2.45, 2.75) is 0 Å². The molecule has 2 rings (SSSR count). The summed E-state index contributed by atoms with van der Waals surface area (Å²) in [4.78, 5) is 25.8. The summed E-state index contributed by atoms with van der Waals surface area (Å²) in [5.41, 5.74) is 20.8. The van der Waals surface area contributed by atoms with Crippen LogP contribution < -0.4 is 33.2 Å². The van der Waals surface area contributed by atoms with Crippen molar-refractivity contribution < 1.29 is 18.4 Å². The molecule has 2 aromatic rings. The van der Waals surface area contributed by atoms with E-state index in [-0.39, 0.29) is 21.1 Å². The zero-order valence-electron chi connectivity index (χ0n) is 15.0. The van der Waals surface area contributed by atoms with Gasteiger partial charge in [-0.05, 0) is 52.3 Å². The molecule has 0 fully saturated rings. The first-order valence-electron chi connectivity index (χ1n) is 7.66. The van der Waals surface area contributed by atoms with Crippen LogP contribution in [0.4, 0.5) is 29.7 Å². The number of carbonyl (C=O) groups excluding carboxylic acids is 2. The van der Waals surface area contributed by atoms with Crippen LogP contribution >= 0.6 is 27.5 Å². The fourth-order valence-electron chi connectivity index (χ4n) is 1.86. The van der Waals surface area contributed by atoms with Gasteiger partial charge in [0.15, 0.2) is 0 Å². The van der Waals surface area contributed by atoms with Crippen LogP contribution in [-0.2, 0) is 0 Å². The second-order valence-corrected chi connectivity index (χ2v) is 6.50. The highest BCUT2D eigenvalue weighted by Crippen LogP contribution is 2.23. The number of urea groups is 2. The van der Waals surface area contributed by atoms with Crippen molar-refractivity contribution >= 4 is 62.9 Å². The Hall–Kier alpha value is -3.45. The van der Waals surface area contributed by atoms with E-state index in [0.717, 1.165) is 17.0 Å². The number of carbonyl (C=O) groups is 2. The molecular formula is C16H16BrClF2N8O2.